The molecule has 1 aliphatic heterocycles. The molecular formula is C10H12O6. The summed E-state index contributed by atoms with van der Waals surface area (Å²) < 4.78 is 8.85. The van der Waals surface area contributed by atoms with Crippen LogP contribution < -0.4 is 0 Å². The molecule has 6 nitrogen and oxygen atoms in total. The molecule has 88 valence electrons. The lowest BCUT2D eigenvalue weighted by atomic mass is 9.91. The van der Waals surface area contributed by atoms with Gasteiger partial charge in [0.2, 0.25) is 0 Å². The van der Waals surface area contributed by atoms with E-state index in [0.29, 0.717) is 6.29 Å². The maximum absolute atomic E-state index is 11.3. The van der Waals surface area contributed by atoms with Gasteiger partial charge in [-0.05, 0) is 6.42 Å². The molecule has 16 heavy (non-hydrogen) atoms. The van der Waals surface area contributed by atoms with Crippen LogP contribution in [0.1, 0.15) is 19.3 Å². The van der Waals surface area contributed by atoms with Gasteiger partial charge in [-0.2, -0.15) is 0 Å². The Balaban J connectivity index is 2.61. The molecule has 1 fully saturated rings. The molecule has 1 heterocycles. The number of ether oxygens (including phenoxy) is 2. The second kappa shape index (κ2) is 5.39. The highest BCUT2D eigenvalue weighted by Crippen LogP contribution is 2.25. The second-order valence-electron chi connectivity index (χ2n) is 3.55. The van der Waals surface area contributed by atoms with E-state index in [9.17, 15) is 19.2 Å². The van der Waals surface area contributed by atoms with Crippen LogP contribution in [0, 0.1) is 11.8 Å². The highest BCUT2D eigenvalue weighted by atomic mass is 16.6. The van der Waals surface area contributed by atoms with Crippen molar-refractivity contribution < 1.29 is 28.7 Å². The van der Waals surface area contributed by atoms with E-state index < -0.39 is 29.7 Å². The van der Waals surface area contributed by atoms with Crippen molar-refractivity contribution in [2.75, 3.05) is 7.11 Å². The molecule has 0 amide bonds. The minimum absolute atomic E-state index is 0.0232. The fourth-order valence-electron chi connectivity index (χ4n) is 1.62. The summed E-state index contributed by atoms with van der Waals surface area (Å²) in [6, 6.07) is 0. The minimum Gasteiger partial charge on any atom is -0.469 e. The Bertz CT molecular complexity index is 321. The number of hydrogen-bond donors (Lipinski definition) is 0. The van der Waals surface area contributed by atoms with Crippen molar-refractivity contribution >= 4 is 24.2 Å². The Kier molecular flexibility index (Phi) is 4.16. The topological polar surface area (TPSA) is 86.7 Å². The molecule has 2 atom stereocenters. The third kappa shape index (κ3) is 2.88. The Morgan fingerprint density at radius 2 is 2.31 bits per heavy atom. The van der Waals surface area contributed by atoms with Crippen molar-refractivity contribution in [3.05, 3.63) is 0 Å². The van der Waals surface area contributed by atoms with Crippen LogP contribution in [-0.4, -0.2) is 31.3 Å². The van der Waals surface area contributed by atoms with Gasteiger partial charge in [0.25, 0.3) is 0 Å². The predicted octanol–water partition coefficient (Wildman–Crippen LogP) is -0.156. The van der Waals surface area contributed by atoms with Gasteiger partial charge in [-0.25, -0.2) is 0 Å². The van der Waals surface area contributed by atoms with Gasteiger partial charge in [-0.15, -0.1) is 0 Å². The molecule has 0 saturated carbocycles. The molecule has 0 aromatic carbocycles. The monoisotopic (exact) mass is 228 g/mol. The second-order valence-corrected chi connectivity index (χ2v) is 3.55. The zero-order valence-corrected chi connectivity index (χ0v) is 8.80. The summed E-state index contributed by atoms with van der Waals surface area (Å²) in [7, 11) is 1.21. The van der Waals surface area contributed by atoms with Gasteiger partial charge in [-0.3, -0.25) is 14.4 Å². The molecule has 2 unspecified atom stereocenters. The zero-order valence-electron chi connectivity index (χ0n) is 8.80. The molecule has 0 aromatic rings. The Morgan fingerprint density at radius 1 is 1.62 bits per heavy atom. The largest absolute Gasteiger partial charge is 0.469 e. The highest BCUT2D eigenvalue weighted by Gasteiger charge is 2.36. The van der Waals surface area contributed by atoms with Gasteiger partial charge >= 0.3 is 17.9 Å². The van der Waals surface area contributed by atoms with Crippen molar-refractivity contribution in [3.8, 4) is 0 Å². The van der Waals surface area contributed by atoms with Gasteiger partial charge in [0, 0.05) is 6.42 Å². The molecule has 0 radical (unpaired) electrons. The van der Waals surface area contributed by atoms with Gasteiger partial charge in [0.15, 0.2) is 0 Å². The van der Waals surface area contributed by atoms with E-state index in [1.807, 2.05) is 0 Å². The minimum atomic E-state index is -0.689. The molecule has 1 rings (SSSR count). The van der Waals surface area contributed by atoms with Crippen LogP contribution in [-0.2, 0) is 28.7 Å². The molecular weight excluding hydrogens is 216 g/mol. The van der Waals surface area contributed by atoms with Crippen LogP contribution in [0.3, 0.4) is 0 Å². The number of cyclic esters (lactones) is 2. The van der Waals surface area contributed by atoms with Crippen molar-refractivity contribution in [1.29, 1.82) is 0 Å². The van der Waals surface area contributed by atoms with Gasteiger partial charge in [-0.1, -0.05) is 0 Å². The quantitative estimate of drug-likeness (QED) is 0.369. The Hall–Kier alpha value is -1.72. The molecule has 1 saturated heterocycles. The average Bonchev–Trinajstić information content (AvgIpc) is 2.55. The fourth-order valence-corrected chi connectivity index (χ4v) is 1.62. The first-order valence-electron chi connectivity index (χ1n) is 4.84. The number of carbonyl (C=O) groups excluding carboxylic acids is 4. The van der Waals surface area contributed by atoms with E-state index in [2.05, 4.69) is 9.47 Å². The lowest BCUT2D eigenvalue weighted by molar-refractivity contribution is -0.153. The first-order chi connectivity index (χ1) is 7.58. The van der Waals surface area contributed by atoms with Crippen molar-refractivity contribution in [2.45, 2.75) is 19.3 Å². The first-order valence-corrected chi connectivity index (χ1v) is 4.84. The van der Waals surface area contributed by atoms with E-state index in [4.69, 9.17) is 0 Å². The normalized spacial score (nSPS) is 21.4. The average molecular weight is 228 g/mol. The number of hydrogen-bond acceptors (Lipinski definition) is 6. The van der Waals surface area contributed by atoms with Crippen molar-refractivity contribution in [3.63, 3.8) is 0 Å². The van der Waals surface area contributed by atoms with E-state index in [1.165, 1.54) is 7.11 Å². The molecule has 0 spiro atoms. The number of methoxy groups -OCH3 is 1. The van der Waals surface area contributed by atoms with Crippen molar-refractivity contribution in [1.82, 2.24) is 0 Å². The molecule has 0 N–H and O–H groups in total. The van der Waals surface area contributed by atoms with Gasteiger partial charge < -0.3 is 14.3 Å². The smallest absolute Gasteiger partial charge is 0.317 e. The van der Waals surface area contributed by atoms with E-state index in [-0.39, 0.29) is 19.3 Å². The van der Waals surface area contributed by atoms with Crippen LogP contribution in [0.4, 0.5) is 0 Å². The summed E-state index contributed by atoms with van der Waals surface area (Å²) in [6.07, 6.45) is 0.634. The number of rotatable bonds is 5. The molecule has 1 aliphatic rings. The van der Waals surface area contributed by atoms with Crippen LogP contribution >= 0.6 is 0 Å². The highest BCUT2D eigenvalue weighted by molar-refractivity contribution is 5.94. The van der Waals surface area contributed by atoms with Crippen molar-refractivity contribution in [2.24, 2.45) is 11.8 Å². The first kappa shape index (κ1) is 12.4. The van der Waals surface area contributed by atoms with E-state index >= 15 is 0 Å². The molecule has 0 bridgehead atoms. The third-order valence-corrected chi connectivity index (χ3v) is 2.45. The molecule has 0 aliphatic carbocycles. The Morgan fingerprint density at radius 3 is 2.75 bits per heavy atom. The lowest BCUT2D eigenvalue weighted by Crippen LogP contribution is -2.22. The van der Waals surface area contributed by atoms with Gasteiger partial charge in [0.1, 0.15) is 6.29 Å². The zero-order chi connectivity index (χ0) is 12.1. The number of esters is 3. The summed E-state index contributed by atoms with van der Waals surface area (Å²) in [5.74, 6) is -3.11. The van der Waals surface area contributed by atoms with E-state index in [0.717, 1.165) is 0 Å². The number of aldehydes is 1. The number of carbonyl (C=O) groups is 4. The third-order valence-electron chi connectivity index (χ3n) is 2.45. The molecule has 0 aromatic heterocycles. The summed E-state index contributed by atoms with van der Waals surface area (Å²) >= 11 is 0. The Labute approximate surface area is 91.9 Å². The standard InChI is InChI=1S/C10H12O6/c1-15-9(13)6(2-3-11)4-7-5-8(12)16-10(7)14/h3,6-7H,2,4-5H2,1H3. The van der Waals surface area contributed by atoms with Crippen LogP contribution in [0.2, 0.25) is 0 Å². The summed E-state index contributed by atoms with van der Waals surface area (Å²) in [5.41, 5.74) is 0. The lowest BCUT2D eigenvalue weighted by Gasteiger charge is -2.13. The van der Waals surface area contributed by atoms with E-state index in [1.54, 1.807) is 0 Å². The SMILES string of the molecule is COC(=O)C(CC=O)CC1CC(=O)OC1=O. The fraction of sp³-hybridized carbons (Fsp3) is 0.600. The summed E-state index contributed by atoms with van der Waals surface area (Å²) in [6.45, 7) is 0. The maximum Gasteiger partial charge on any atom is 0.317 e. The maximum atomic E-state index is 11.3. The van der Waals surface area contributed by atoms with Crippen LogP contribution in [0.25, 0.3) is 0 Å². The van der Waals surface area contributed by atoms with Gasteiger partial charge in [0.05, 0.1) is 25.4 Å². The predicted molar refractivity (Wildman–Crippen MR) is 50.0 cm³/mol. The van der Waals surface area contributed by atoms with Crippen LogP contribution in [0.5, 0.6) is 0 Å². The summed E-state index contributed by atoms with van der Waals surface area (Å²) in [5, 5.41) is 0. The van der Waals surface area contributed by atoms with Crippen LogP contribution in [0.15, 0.2) is 0 Å². The molecule has 6 heteroatoms. The summed E-state index contributed by atoms with van der Waals surface area (Å²) in [4.78, 5) is 43.6.